The molecule has 0 amide bonds. The van der Waals surface area contributed by atoms with E-state index in [0.29, 0.717) is 12.6 Å². The van der Waals surface area contributed by atoms with Crippen LogP contribution in [-0.2, 0) is 17.8 Å². The second-order valence-corrected chi connectivity index (χ2v) is 7.92. The van der Waals surface area contributed by atoms with Gasteiger partial charge in [0.1, 0.15) is 5.72 Å². The third-order valence-corrected chi connectivity index (χ3v) is 6.22. The number of benzene rings is 2. The van der Waals surface area contributed by atoms with Gasteiger partial charge in [-0.2, -0.15) is 0 Å². The standard InChI is InChI=1S/C23H27N3O/c1-2-6-18(7-3-1)16-27-23-12-10-20(15-25-23)26(17-23)13-11-19-14-24-22-9-5-4-8-21(19)22/h1-9,14,20,24-25H,10-13,15-17H2. The molecule has 0 saturated carbocycles. The summed E-state index contributed by atoms with van der Waals surface area (Å²) in [5.74, 6) is 0. The molecule has 4 nitrogen and oxygen atoms in total. The highest BCUT2D eigenvalue weighted by molar-refractivity contribution is 5.83. The minimum Gasteiger partial charge on any atom is -0.361 e. The van der Waals surface area contributed by atoms with Crippen molar-refractivity contribution in [3.05, 3.63) is 71.9 Å². The average Bonchev–Trinajstić information content (AvgIpc) is 3.16. The molecule has 3 aliphatic rings. The second-order valence-electron chi connectivity index (χ2n) is 7.92. The molecule has 0 spiro atoms. The lowest BCUT2D eigenvalue weighted by Gasteiger charge is -2.53. The van der Waals surface area contributed by atoms with Crippen LogP contribution in [0.2, 0.25) is 0 Å². The number of H-pyrrole nitrogens is 1. The van der Waals surface area contributed by atoms with Crippen molar-refractivity contribution in [2.75, 3.05) is 19.6 Å². The maximum Gasteiger partial charge on any atom is 0.132 e. The van der Waals surface area contributed by atoms with E-state index in [-0.39, 0.29) is 5.72 Å². The number of hydrogen-bond donors (Lipinski definition) is 2. The summed E-state index contributed by atoms with van der Waals surface area (Å²) in [4.78, 5) is 6.03. The van der Waals surface area contributed by atoms with Crippen LogP contribution in [0.1, 0.15) is 24.0 Å². The van der Waals surface area contributed by atoms with Crippen molar-refractivity contribution in [1.29, 1.82) is 0 Å². The number of rotatable bonds is 6. The van der Waals surface area contributed by atoms with Crippen molar-refractivity contribution in [3.8, 4) is 0 Å². The number of ether oxygens (including phenoxy) is 1. The second kappa shape index (κ2) is 7.12. The molecule has 3 fully saturated rings. The van der Waals surface area contributed by atoms with Gasteiger partial charge in [-0.15, -0.1) is 0 Å². The zero-order chi connectivity index (χ0) is 18.1. The van der Waals surface area contributed by atoms with Crippen LogP contribution in [0.4, 0.5) is 0 Å². The van der Waals surface area contributed by atoms with Crippen molar-refractivity contribution >= 4 is 10.9 Å². The fraction of sp³-hybridized carbons (Fsp3) is 0.391. The molecule has 3 aliphatic heterocycles. The Bertz CT molecular complexity index is 896. The van der Waals surface area contributed by atoms with Gasteiger partial charge in [0.25, 0.3) is 0 Å². The molecule has 2 bridgehead atoms. The molecule has 2 unspecified atom stereocenters. The van der Waals surface area contributed by atoms with Crippen LogP contribution in [0, 0.1) is 0 Å². The number of piperidine rings is 2. The van der Waals surface area contributed by atoms with Crippen molar-refractivity contribution in [3.63, 3.8) is 0 Å². The molecule has 0 aliphatic carbocycles. The SMILES string of the molecule is c1ccc(COC23CCC(CN2)N(CCc2c[nH]c4ccccc24)C3)cc1. The lowest BCUT2D eigenvalue weighted by atomic mass is 9.89. The van der Waals surface area contributed by atoms with Crippen LogP contribution in [0.15, 0.2) is 60.8 Å². The maximum absolute atomic E-state index is 6.42. The third kappa shape index (κ3) is 3.41. The number of aromatic nitrogens is 1. The zero-order valence-electron chi connectivity index (χ0n) is 15.7. The molecule has 2 atom stereocenters. The molecular weight excluding hydrogens is 334 g/mol. The van der Waals surface area contributed by atoms with Gasteiger partial charge in [-0.05, 0) is 36.5 Å². The quantitative estimate of drug-likeness (QED) is 0.703. The molecule has 1 aromatic heterocycles. The van der Waals surface area contributed by atoms with E-state index >= 15 is 0 Å². The lowest BCUT2D eigenvalue weighted by Crippen LogP contribution is -2.69. The summed E-state index contributed by atoms with van der Waals surface area (Å²) in [5, 5.41) is 5.04. The first-order valence-electron chi connectivity index (χ1n) is 10.0. The van der Waals surface area contributed by atoms with Gasteiger partial charge >= 0.3 is 0 Å². The van der Waals surface area contributed by atoms with Gasteiger partial charge in [0.05, 0.1) is 6.61 Å². The number of nitrogens with one attached hydrogen (secondary N) is 2. The molecule has 3 aromatic rings. The number of fused-ring (bicyclic) bond motifs is 4. The normalized spacial score (nSPS) is 25.3. The van der Waals surface area contributed by atoms with Crippen molar-refractivity contribution in [2.24, 2.45) is 0 Å². The van der Waals surface area contributed by atoms with Gasteiger partial charge in [0, 0.05) is 42.8 Å². The topological polar surface area (TPSA) is 40.3 Å². The monoisotopic (exact) mass is 361 g/mol. The molecule has 27 heavy (non-hydrogen) atoms. The maximum atomic E-state index is 6.42. The van der Waals surface area contributed by atoms with E-state index < -0.39 is 0 Å². The van der Waals surface area contributed by atoms with Gasteiger partial charge in [0.15, 0.2) is 0 Å². The molecule has 140 valence electrons. The van der Waals surface area contributed by atoms with E-state index in [2.05, 4.69) is 76.0 Å². The zero-order valence-corrected chi connectivity index (χ0v) is 15.7. The summed E-state index contributed by atoms with van der Waals surface area (Å²) < 4.78 is 6.42. The van der Waals surface area contributed by atoms with Crippen LogP contribution < -0.4 is 5.32 Å². The van der Waals surface area contributed by atoms with Crippen molar-refractivity contribution < 1.29 is 4.74 Å². The highest BCUT2D eigenvalue weighted by Gasteiger charge is 2.45. The van der Waals surface area contributed by atoms with Gasteiger partial charge in [-0.3, -0.25) is 10.2 Å². The van der Waals surface area contributed by atoms with Crippen LogP contribution in [-0.4, -0.2) is 41.3 Å². The van der Waals surface area contributed by atoms with Crippen LogP contribution in [0.5, 0.6) is 0 Å². The Morgan fingerprint density at radius 1 is 1.07 bits per heavy atom. The Balaban J connectivity index is 1.24. The molecule has 2 aromatic carbocycles. The van der Waals surface area contributed by atoms with Crippen LogP contribution in [0.25, 0.3) is 10.9 Å². The smallest absolute Gasteiger partial charge is 0.132 e. The first-order chi connectivity index (χ1) is 13.3. The van der Waals surface area contributed by atoms with E-state index in [1.54, 1.807) is 0 Å². The Morgan fingerprint density at radius 3 is 2.78 bits per heavy atom. The van der Waals surface area contributed by atoms with Crippen molar-refractivity contribution in [2.45, 2.75) is 37.6 Å². The van der Waals surface area contributed by atoms with Crippen LogP contribution in [0.3, 0.4) is 0 Å². The highest BCUT2D eigenvalue weighted by atomic mass is 16.5. The molecule has 3 saturated heterocycles. The molecule has 0 radical (unpaired) electrons. The van der Waals surface area contributed by atoms with Gasteiger partial charge < -0.3 is 9.72 Å². The van der Waals surface area contributed by atoms with E-state index in [0.717, 1.165) is 32.5 Å². The predicted octanol–water partition coefficient (Wildman–Crippen LogP) is 3.69. The number of piperazine rings is 1. The lowest BCUT2D eigenvalue weighted by molar-refractivity contribution is -0.160. The number of hydrogen-bond acceptors (Lipinski definition) is 3. The van der Waals surface area contributed by atoms with Gasteiger partial charge in [-0.25, -0.2) is 0 Å². The molecule has 4 heterocycles. The third-order valence-electron chi connectivity index (χ3n) is 6.22. The molecule has 4 heteroatoms. The minimum atomic E-state index is -0.190. The first-order valence-corrected chi connectivity index (χ1v) is 10.0. The van der Waals surface area contributed by atoms with Crippen molar-refractivity contribution in [1.82, 2.24) is 15.2 Å². The molecule has 2 N–H and O–H groups in total. The number of aromatic amines is 1. The summed E-state index contributed by atoms with van der Waals surface area (Å²) in [5.41, 5.74) is 3.70. The van der Waals surface area contributed by atoms with E-state index in [1.165, 1.54) is 28.5 Å². The Hall–Kier alpha value is -2.14. The van der Waals surface area contributed by atoms with Gasteiger partial charge in [-0.1, -0.05) is 48.5 Å². The fourth-order valence-corrected chi connectivity index (χ4v) is 4.63. The number of nitrogens with zero attached hydrogens (tertiary/aromatic N) is 1. The summed E-state index contributed by atoms with van der Waals surface area (Å²) in [7, 11) is 0. The predicted molar refractivity (Wildman–Crippen MR) is 109 cm³/mol. The molecule has 6 rings (SSSR count). The Kier molecular flexibility index (Phi) is 4.48. The Labute approximate surface area is 160 Å². The largest absolute Gasteiger partial charge is 0.361 e. The number of para-hydroxylation sites is 1. The van der Waals surface area contributed by atoms with E-state index in [9.17, 15) is 0 Å². The first kappa shape index (κ1) is 17.0. The summed E-state index contributed by atoms with van der Waals surface area (Å²) in [6.07, 6.45) is 5.58. The summed E-state index contributed by atoms with van der Waals surface area (Å²) in [6.45, 7) is 3.77. The average molecular weight is 361 g/mol. The summed E-state index contributed by atoms with van der Waals surface area (Å²) in [6, 6.07) is 19.7. The Morgan fingerprint density at radius 2 is 1.93 bits per heavy atom. The highest BCUT2D eigenvalue weighted by Crippen LogP contribution is 2.32. The summed E-state index contributed by atoms with van der Waals surface area (Å²) >= 11 is 0. The van der Waals surface area contributed by atoms with E-state index in [4.69, 9.17) is 4.74 Å². The fourth-order valence-electron chi connectivity index (χ4n) is 4.63. The van der Waals surface area contributed by atoms with E-state index in [1.807, 2.05) is 0 Å². The van der Waals surface area contributed by atoms with Crippen LogP contribution >= 0.6 is 0 Å². The van der Waals surface area contributed by atoms with Gasteiger partial charge in [0.2, 0.25) is 0 Å². The minimum absolute atomic E-state index is 0.190. The molecular formula is C23H27N3O.